The zero-order chi connectivity index (χ0) is 10.2. The van der Waals surface area contributed by atoms with Gasteiger partial charge in [0.15, 0.2) is 0 Å². The molecule has 0 unspecified atom stereocenters. The Balaban J connectivity index is 1.91. The van der Waals surface area contributed by atoms with Crippen LogP contribution in [0.1, 0.15) is 32.6 Å². The first-order chi connectivity index (χ1) is 6.65. The second kappa shape index (κ2) is 3.26. The minimum atomic E-state index is -0.211. The Morgan fingerprint density at radius 3 is 2.57 bits per heavy atom. The van der Waals surface area contributed by atoms with E-state index in [1.807, 2.05) is 0 Å². The van der Waals surface area contributed by atoms with Crippen LogP contribution in [0.3, 0.4) is 0 Å². The van der Waals surface area contributed by atoms with Crippen LogP contribution in [0.2, 0.25) is 0 Å². The fraction of sp³-hybridized carbons (Fsp3) is 0.800. The van der Waals surface area contributed by atoms with Gasteiger partial charge in [0.2, 0.25) is 5.91 Å². The monoisotopic (exact) mass is 196 g/mol. The lowest BCUT2D eigenvalue weighted by atomic mass is 10.0. The highest BCUT2D eigenvalue weighted by Crippen LogP contribution is 2.50. The molecule has 1 heterocycles. The van der Waals surface area contributed by atoms with Crippen molar-refractivity contribution in [3.63, 3.8) is 0 Å². The maximum atomic E-state index is 11.3. The predicted molar refractivity (Wildman–Crippen MR) is 51.7 cm³/mol. The minimum absolute atomic E-state index is 0.165. The van der Waals surface area contributed by atoms with Crippen molar-refractivity contribution in [1.82, 2.24) is 10.2 Å². The van der Waals surface area contributed by atoms with Crippen LogP contribution in [0.4, 0.5) is 4.79 Å². The Hall–Kier alpha value is -1.06. The minimum Gasteiger partial charge on any atom is -0.315 e. The number of nitrogens with zero attached hydrogens (tertiary/aromatic N) is 1. The maximum Gasteiger partial charge on any atom is 0.324 e. The van der Waals surface area contributed by atoms with E-state index in [1.54, 1.807) is 4.90 Å². The van der Waals surface area contributed by atoms with Gasteiger partial charge in [-0.15, -0.1) is 0 Å². The average Bonchev–Trinajstić information content (AvgIpc) is 2.77. The molecule has 1 saturated heterocycles. The van der Waals surface area contributed by atoms with E-state index in [-0.39, 0.29) is 18.5 Å². The van der Waals surface area contributed by atoms with Gasteiger partial charge in [0.05, 0.1) is 0 Å². The van der Waals surface area contributed by atoms with E-state index in [1.165, 1.54) is 19.3 Å². The number of hydrogen-bond acceptors (Lipinski definition) is 2. The second-order valence-electron chi connectivity index (χ2n) is 4.46. The molecule has 0 spiro atoms. The van der Waals surface area contributed by atoms with Crippen LogP contribution in [-0.2, 0) is 4.79 Å². The molecule has 3 amide bonds. The Morgan fingerprint density at radius 2 is 2.14 bits per heavy atom. The van der Waals surface area contributed by atoms with E-state index >= 15 is 0 Å². The Kier molecular flexibility index (Phi) is 2.21. The van der Waals surface area contributed by atoms with Crippen LogP contribution < -0.4 is 5.32 Å². The summed E-state index contributed by atoms with van der Waals surface area (Å²) in [7, 11) is 0. The van der Waals surface area contributed by atoms with Crippen molar-refractivity contribution < 1.29 is 9.59 Å². The van der Waals surface area contributed by atoms with Gasteiger partial charge >= 0.3 is 6.03 Å². The number of carbonyl (C=O) groups is 2. The summed E-state index contributed by atoms with van der Waals surface area (Å²) in [5.74, 6) is -0.165. The molecule has 1 saturated carbocycles. The summed E-state index contributed by atoms with van der Waals surface area (Å²) in [4.78, 5) is 23.9. The largest absolute Gasteiger partial charge is 0.324 e. The number of nitrogens with one attached hydrogen (secondary N) is 1. The molecule has 0 aromatic carbocycles. The molecule has 0 bridgehead atoms. The number of urea groups is 1. The molecule has 1 N–H and O–H groups in total. The molecular formula is C10H16N2O2. The summed E-state index contributed by atoms with van der Waals surface area (Å²) in [6.45, 7) is 3.18. The molecule has 2 rings (SSSR count). The van der Waals surface area contributed by atoms with Gasteiger partial charge < -0.3 is 4.90 Å². The summed E-state index contributed by atoms with van der Waals surface area (Å²) < 4.78 is 0. The van der Waals surface area contributed by atoms with Crippen LogP contribution in [0, 0.1) is 5.41 Å². The van der Waals surface area contributed by atoms with Gasteiger partial charge in [-0.2, -0.15) is 0 Å². The van der Waals surface area contributed by atoms with Crippen molar-refractivity contribution in [2.75, 3.05) is 13.1 Å². The fourth-order valence-corrected chi connectivity index (χ4v) is 2.21. The first-order valence-electron chi connectivity index (χ1n) is 5.24. The van der Waals surface area contributed by atoms with Gasteiger partial charge in [0.25, 0.3) is 0 Å². The molecular weight excluding hydrogens is 180 g/mol. The molecule has 1 aliphatic heterocycles. The fourth-order valence-electron chi connectivity index (χ4n) is 2.21. The van der Waals surface area contributed by atoms with E-state index < -0.39 is 0 Å². The van der Waals surface area contributed by atoms with Crippen LogP contribution in [-0.4, -0.2) is 29.9 Å². The highest BCUT2D eigenvalue weighted by molar-refractivity contribution is 6.01. The summed E-state index contributed by atoms with van der Waals surface area (Å²) in [6.07, 6.45) is 4.74. The van der Waals surface area contributed by atoms with Gasteiger partial charge in [-0.25, -0.2) is 4.79 Å². The van der Waals surface area contributed by atoms with Crippen molar-refractivity contribution in [3.8, 4) is 0 Å². The van der Waals surface area contributed by atoms with Crippen molar-refractivity contribution >= 4 is 11.9 Å². The van der Waals surface area contributed by atoms with Gasteiger partial charge in [-0.1, -0.05) is 13.3 Å². The third-order valence-electron chi connectivity index (χ3n) is 3.13. The number of rotatable bonds is 4. The quantitative estimate of drug-likeness (QED) is 0.685. The van der Waals surface area contributed by atoms with E-state index in [9.17, 15) is 9.59 Å². The topological polar surface area (TPSA) is 49.4 Å². The van der Waals surface area contributed by atoms with Crippen molar-refractivity contribution in [2.24, 2.45) is 5.41 Å². The number of hydrogen-bond donors (Lipinski definition) is 1. The van der Waals surface area contributed by atoms with Crippen molar-refractivity contribution in [1.29, 1.82) is 0 Å². The molecule has 78 valence electrons. The third-order valence-corrected chi connectivity index (χ3v) is 3.13. The SMILES string of the molecule is CCCC1(CN2CC(=O)NC2=O)CC1. The maximum absolute atomic E-state index is 11.3. The van der Waals surface area contributed by atoms with E-state index in [0.29, 0.717) is 5.41 Å². The van der Waals surface area contributed by atoms with Crippen LogP contribution in [0.5, 0.6) is 0 Å². The number of amides is 3. The third kappa shape index (κ3) is 1.74. The zero-order valence-electron chi connectivity index (χ0n) is 8.51. The second-order valence-corrected chi connectivity index (χ2v) is 4.46. The Labute approximate surface area is 83.6 Å². The van der Waals surface area contributed by atoms with Crippen molar-refractivity contribution in [2.45, 2.75) is 32.6 Å². The summed E-state index contributed by atoms with van der Waals surface area (Å²) in [5, 5.41) is 2.31. The molecule has 0 aromatic heterocycles. The number of carbonyl (C=O) groups excluding carboxylic acids is 2. The molecule has 0 atom stereocenters. The summed E-state index contributed by atoms with van der Waals surface area (Å²) >= 11 is 0. The smallest absolute Gasteiger partial charge is 0.315 e. The molecule has 0 aromatic rings. The average molecular weight is 196 g/mol. The lowest BCUT2D eigenvalue weighted by Crippen LogP contribution is -2.33. The van der Waals surface area contributed by atoms with Gasteiger partial charge in [0.1, 0.15) is 6.54 Å². The predicted octanol–water partition coefficient (Wildman–Crippen LogP) is 1.12. The van der Waals surface area contributed by atoms with E-state index in [0.717, 1.165) is 13.0 Å². The molecule has 14 heavy (non-hydrogen) atoms. The standard InChI is InChI=1S/C10H16N2O2/c1-2-3-10(4-5-10)7-12-6-8(13)11-9(12)14/h2-7H2,1H3,(H,11,13,14). The first-order valence-corrected chi connectivity index (χ1v) is 5.24. The van der Waals surface area contributed by atoms with E-state index in [2.05, 4.69) is 12.2 Å². The Bertz CT molecular complexity index is 271. The lowest BCUT2D eigenvalue weighted by molar-refractivity contribution is -0.118. The van der Waals surface area contributed by atoms with Crippen LogP contribution in [0.15, 0.2) is 0 Å². The molecule has 4 nitrogen and oxygen atoms in total. The zero-order valence-corrected chi connectivity index (χ0v) is 8.51. The highest BCUT2D eigenvalue weighted by Gasteiger charge is 2.45. The summed E-state index contributed by atoms with van der Waals surface area (Å²) in [6, 6.07) is -0.211. The van der Waals surface area contributed by atoms with Crippen LogP contribution >= 0.6 is 0 Å². The number of imide groups is 1. The van der Waals surface area contributed by atoms with Crippen LogP contribution in [0.25, 0.3) is 0 Å². The molecule has 2 fully saturated rings. The molecule has 1 aliphatic carbocycles. The highest BCUT2D eigenvalue weighted by atomic mass is 16.2. The van der Waals surface area contributed by atoms with E-state index in [4.69, 9.17) is 0 Å². The van der Waals surface area contributed by atoms with Gasteiger partial charge in [0, 0.05) is 6.54 Å². The van der Waals surface area contributed by atoms with Gasteiger partial charge in [-0.3, -0.25) is 10.1 Å². The summed E-state index contributed by atoms with van der Waals surface area (Å²) in [5.41, 5.74) is 0.344. The lowest BCUT2D eigenvalue weighted by Gasteiger charge is -2.20. The molecule has 0 radical (unpaired) electrons. The van der Waals surface area contributed by atoms with Gasteiger partial charge in [-0.05, 0) is 24.7 Å². The molecule has 4 heteroatoms. The van der Waals surface area contributed by atoms with Crippen molar-refractivity contribution in [3.05, 3.63) is 0 Å². The Morgan fingerprint density at radius 1 is 1.43 bits per heavy atom. The first kappa shape index (κ1) is 9.49. The normalized spacial score (nSPS) is 23.9. The molecule has 2 aliphatic rings.